The lowest BCUT2D eigenvalue weighted by molar-refractivity contribution is 0.0792. The molecule has 1 amide bonds. The molecule has 5 nitrogen and oxygen atoms in total. The first-order valence-corrected chi connectivity index (χ1v) is 10.1. The molecule has 0 bridgehead atoms. The number of carbonyl (C=O) groups excluding carboxylic acids is 1. The minimum Gasteiger partial charge on any atom is -0.339 e. The number of amides is 1. The highest BCUT2D eigenvalue weighted by molar-refractivity contribution is 7.89. The predicted octanol–water partition coefficient (Wildman–Crippen LogP) is 2.58. The number of halogens is 1. The Kier molecular flexibility index (Phi) is 5.68. The number of nitrogens with one attached hydrogen (secondary N) is 1. The second-order valence-electron chi connectivity index (χ2n) is 6.30. The summed E-state index contributed by atoms with van der Waals surface area (Å²) < 4.78 is 40.4. The van der Waals surface area contributed by atoms with Crippen LogP contribution >= 0.6 is 0 Å². The van der Waals surface area contributed by atoms with Crippen LogP contribution in [-0.2, 0) is 16.4 Å². The van der Waals surface area contributed by atoms with E-state index in [2.05, 4.69) is 4.72 Å². The van der Waals surface area contributed by atoms with Crippen molar-refractivity contribution in [2.75, 3.05) is 19.6 Å². The van der Waals surface area contributed by atoms with Gasteiger partial charge in [-0.25, -0.2) is 17.5 Å². The van der Waals surface area contributed by atoms with E-state index in [4.69, 9.17) is 0 Å². The Bertz CT molecular complexity index is 876. The van der Waals surface area contributed by atoms with E-state index in [1.807, 2.05) is 0 Å². The zero-order chi connectivity index (χ0) is 18.6. The number of hydrogen-bond donors (Lipinski definition) is 1. The maximum Gasteiger partial charge on any atom is 0.253 e. The maximum atomic E-state index is 12.9. The van der Waals surface area contributed by atoms with Crippen molar-refractivity contribution >= 4 is 15.9 Å². The molecule has 1 fully saturated rings. The molecule has 1 aliphatic heterocycles. The third-order valence-corrected chi connectivity index (χ3v) is 5.86. The largest absolute Gasteiger partial charge is 0.339 e. The molecule has 0 aliphatic carbocycles. The van der Waals surface area contributed by atoms with Crippen LogP contribution in [0.3, 0.4) is 0 Å². The van der Waals surface area contributed by atoms with E-state index in [0.29, 0.717) is 25.1 Å². The van der Waals surface area contributed by atoms with Crippen LogP contribution in [-0.4, -0.2) is 38.9 Å². The molecule has 7 heteroatoms. The molecule has 1 N–H and O–H groups in total. The Balaban J connectivity index is 1.65. The van der Waals surface area contributed by atoms with Gasteiger partial charge in [0.05, 0.1) is 4.90 Å². The van der Waals surface area contributed by atoms with Gasteiger partial charge < -0.3 is 4.90 Å². The van der Waals surface area contributed by atoms with Crippen LogP contribution in [0.15, 0.2) is 53.4 Å². The summed E-state index contributed by atoms with van der Waals surface area (Å²) in [6, 6.07) is 12.0. The van der Waals surface area contributed by atoms with Crippen molar-refractivity contribution in [3.63, 3.8) is 0 Å². The van der Waals surface area contributed by atoms with Gasteiger partial charge in [0.2, 0.25) is 10.0 Å². The lowest BCUT2D eigenvalue weighted by atomic mass is 10.1. The van der Waals surface area contributed by atoms with Gasteiger partial charge in [-0.3, -0.25) is 4.79 Å². The van der Waals surface area contributed by atoms with Gasteiger partial charge in [-0.2, -0.15) is 0 Å². The Morgan fingerprint density at radius 2 is 1.77 bits per heavy atom. The van der Waals surface area contributed by atoms with Crippen LogP contribution in [0, 0.1) is 5.82 Å². The van der Waals surface area contributed by atoms with Gasteiger partial charge in [0.15, 0.2) is 0 Å². The summed E-state index contributed by atoms with van der Waals surface area (Å²) in [6.45, 7) is 1.62. The zero-order valence-corrected chi connectivity index (χ0v) is 15.1. The molecule has 138 valence electrons. The summed E-state index contributed by atoms with van der Waals surface area (Å²) in [5.41, 5.74) is 1.22. The van der Waals surface area contributed by atoms with E-state index in [-0.39, 0.29) is 23.2 Å². The van der Waals surface area contributed by atoms with Crippen LogP contribution in [0.4, 0.5) is 4.39 Å². The highest BCUT2D eigenvalue weighted by Crippen LogP contribution is 2.16. The van der Waals surface area contributed by atoms with Gasteiger partial charge in [-0.15, -0.1) is 0 Å². The van der Waals surface area contributed by atoms with Crippen LogP contribution in [0.25, 0.3) is 0 Å². The van der Waals surface area contributed by atoms with Gasteiger partial charge in [0.25, 0.3) is 5.91 Å². The first-order chi connectivity index (χ1) is 12.5. The molecule has 0 unspecified atom stereocenters. The molecule has 0 atom stereocenters. The Morgan fingerprint density at radius 3 is 2.46 bits per heavy atom. The molecule has 1 saturated heterocycles. The molecule has 0 saturated carbocycles. The summed E-state index contributed by atoms with van der Waals surface area (Å²) in [5, 5.41) is 0. The van der Waals surface area contributed by atoms with E-state index >= 15 is 0 Å². The van der Waals surface area contributed by atoms with Crippen LogP contribution in [0.2, 0.25) is 0 Å². The van der Waals surface area contributed by atoms with Gasteiger partial charge >= 0.3 is 0 Å². The average Bonchev–Trinajstić information content (AvgIpc) is 3.17. The van der Waals surface area contributed by atoms with Crippen molar-refractivity contribution in [2.45, 2.75) is 24.2 Å². The Labute approximate surface area is 152 Å². The van der Waals surface area contributed by atoms with Crippen LogP contribution in [0.5, 0.6) is 0 Å². The van der Waals surface area contributed by atoms with Gasteiger partial charge in [-0.1, -0.05) is 18.2 Å². The second kappa shape index (κ2) is 7.97. The fourth-order valence-corrected chi connectivity index (χ4v) is 4.04. The van der Waals surface area contributed by atoms with Crippen molar-refractivity contribution < 1.29 is 17.6 Å². The molecule has 0 aromatic heterocycles. The van der Waals surface area contributed by atoms with E-state index in [1.165, 1.54) is 24.3 Å². The highest BCUT2D eigenvalue weighted by atomic mass is 32.2. The van der Waals surface area contributed by atoms with E-state index in [9.17, 15) is 17.6 Å². The summed E-state index contributed by atoms with van der Waals surface area (Å²) >= 11 is 0. The monoisotopic (exact) mass is 376 g/mol. The SMILES string of the molecule is O=C(c1cccc(S(=O)(=O)NCCc2ccc(F)cc2)c1)N1CCCC1. The quantitative estimate of drug-likeness (QED) is 0.843. The first kappa shape index (κ1) is 18.5. The maximum absolute atomic E-state index is 12.9. The first-order valence-electron chi connectivity index (χ1n) is 8.59. The smallest absolute Gasteiger partial charge is 0.253 e. The van der Waals surface area contributed by atoms with Crippen molar-refractivity contribution in [3.8, 4) is 0 Å². The molecule has 1 aliphatic rings. The van der Waals surface area contributed by atoms with Gasteiger partial charge in [-0.05, 0) is 55.2 Å². The molecular weight excluding hydrogens is 355 g/mol. The lowest BCUT2D eigenvalue weighted by Crippen LogP contribution is -2.29. The highest BCUT2D eigenvalue weighted by Gasteiger charge is 2.21. The summed E-state index contributed by atoms with van der Waals surface area (Å²) in [5.74, 6) is -0.459. The summed E-state index contributed by atoms with van der Waals surface area (Å²) in [7, 11) is -3.71. The number of carbonyl (C=O) groups is 1. The number of nitrogens with zero attached hydrogens (tertiary/aromatic N) is 1. The standard InChI is InChI=1S/C19H21FN2O3S/c20-17-8-6-15(7-9-17)10-11-21-26(24,25)18-5-3-4-16(14-18)19(23)22-12-1-2-13-22/h3-9,14,21H,1-2,10-13H2. The fourth-order valence-electron chi connectivity index (χ4n) is 2.96. The number of likely N-dealkylation sites (tertiary alicyclic amines) is 1. The fraction of sp³-hybridized carbons (Fsp3) is 0.316. The average molecular weight is 376 g/mol. The second-order valence-corrected chi connectivity index (χ2v) is 8.07. The number of benzene rings is 2. The molecule has 1 heterocycles. The molecule has 2 aromatic carbocycles. The van der Waals surface area contributed by atoms with Crippen molar-refractivity contribution in [2.24, 2.45) is 0 Å². The molecule has 2 aromatic rings. The zero-order valence-electron chi connectivity index (χ0n) is 14.3. The van der Waals surface area contributed by atoms with Crippen molar-refractivity contribution in [1.29, 1.82) is 0 Å². The van der Waals surface area contributed by atoms with Crippen LogP contribution in [0.1, 0.15) is 28.8 Å². The Morgan fingerprint density at radius 1 is 1.08 bits per heavy atom. The number of hydrogen-bond acceptors (Lipinski definition) is 3. The van der Waals surface area contributed by atoms with Crippen molar-refractivity contribution in [3.05, 3.63) is 65.5 Å². The van der Waals surface area contributed by atoms with Gasteiger partial charge in [0.1, 0.15) is 5.82 Å². The summed E-state index contributed by atoms with van der Waals surface area (Å²) in [4.78, 5) is 14.2. The number of sulfonamides is 1. The molecule has 0 spiro atoms. The minimum absolute atomic E-state index is 0.0710. The topological polar surface area (TPSA) is 66.5 Å². The van der Waals surface area contributed by atoms with E-state index < -0.39 is 10.0 Å². The third kappa shape index (κ3) is 4.47. The van der Waals surface area contributed by atoms with Crippen molar-refractivity contribution in [1.82, 2.24) is 9.62 Å². The Hall–Kier alpha value is -2.25. The third-order valence-electron chi connectivity index (χ3n) is 4.40. The number of rotatable bonds is 6. The molecular formula is C19H21FN2O3S. The van der Waals surface area contributed by atoms with Crippen LogP contribution < -0.4 is 4.72 Å². The molecule has 26 heavy (non-hydrogen) atoms. The molecule has 0 radical (unpaired) electrons. The predicted molar refractivity (Wildman–Crippen MR) is 96.9 cm³/mol. The molecule has 3 rings (SSSR count). The lowest BCUT2D eigenvalue weighted by Gasteiger charge is -2.15. The van der Waals surface area contributed by atoms with E-state index in [1.54, 1.807) is 29.2 Å². The van der Waals surface area contributed by atoms with E-state index in [0.717, 1.165) is 18.4 Å². The van der Waals surface area contributed by atoms with Gasteiger partial charge in [0, 0.05) is 25.2 Å². The minimum atomic E-state index is -3.71. The normalized spacial score (nSPS) is 14.6. The summed E-state index contributed by atoms with van der Waals surface area (Å²) in [6.07, 6.45) is 2.41.